The Morgan fingerprint density at radius 3 is 2.83 bits per heavy atom. The van der Waals surface area contributed by atoms with E-state index in [0.717, 1.165) is 12.1 Å². The minimum atomic E-state index is -0.316. The number of urea groups is 1. The number of nitrogens with zero attached hydrogens (tertiary/aromatic N) is 3. The van der Waals surface area contributed by atoms with E-state index in [0.29, 0.717) is 12.2 Å². The fraction of sp³-hybridized carbons (Fsp3) is 0.375. The number of rotatable bonds is 6. The monoisotopic (exact) mass is 319 g/mol. The molecular weight excluding hydrogens is 297 g/mol. The highest BCUT2D eigenvalue weighted by molar-refractivity contribution is 5.88. The molecule has 0 aliphatic heterocycles. The van der Waals surface area contributed by atoms with Crippen molar-refractivity contribution in [2.45, 2.75) is 19.5 Å². The van der Waals surface area contributed by atoms with Gasteiger partial charge < -0.3 is 15.5 Å². The Kier molecular flexibility index (Phi) is 5.70. The second kappa shape index (κ2) is 7.73. The van der Waals surface area contributed by atoms with Crippen molar-refractivity contribution < 1.29 is 9.18 Å². The van der Waals surface area contributed by atoms with Gasteiger partial charge in [0.2, 0.25) is 0 Å². The Morgan fingerprint density at radius 1 is 1.43 bits per heavy atom. The number of aryl methyl sites for hydroxylation is 1. The van der Waals surface area contributed by atoms with Gasteiger partial charge in [0.1, 0.15) is 5.82 Å². The van der Waals surface area contributed by atoms with Crippen molar-refractivity contribution in [3.05, 3.63) is 48.0 Å². The minimum absolute atomic E-state index is 0.116. The van der Waals surface area contributed by atoms with Gasteiger partial charge in [0, 0.05) is 19.3 Å². The third-order valence-corrected chi connectivity index (χ3v) is 3.53. The fourth-order valence-corrected chi connectivity index (χ4v) is 2.28. The molecule has 0 saturated heterocycles. The predicted octanol–water partition coefficient (Wildman–Crippen LogP) is 2.47. The molecule has 23 heavy (non-hydrogen) atoms. The quantitative estimate of drug-likeness (QED) is 0.860. The van der Waals surface area contributed by atoms with Crippen LogP contribution in [0.25, 0.3) is 0 Å². The van der Waals surface area contributed by atoms with Gasteiger partial charge >= 0.3 is 6.03 Å². The van der Waals surface area contributed by atoms with E-state index >= 15 is 0 Å². The Balaban J connectivity index is 1.94. The molecule has 1 aromatic carbocycles. The summed E-state index contributed by atoms with van der Waals surface area (Å²) in [5, 5.41) is 9.63. The van der Waals surface area contributed by atoms with Crippen LogP contribution in [0.3, 0.4) is 0 Å². The number of benzene rings is 1. The Labute approximate surface area is 135 Å². The Hall–Kier alpha value is -2.41. The number of aromatic nitrogens is 2. The summed E-state index contributed by atoms with van der Waals surface area (Å²) in [4.78, 5) is 13.9. The van der Waals surface area contributed by atoms with Crippen LogP contribution in [-0.4, -0.2) is 41.4 Å². The van der Waals surface area contributed by atoms with Crippen LogP contribution in [0.2, 0.25) is 0 Å². The van der Waals surface area contributed by atoms with Crippen LogP contribution in [0.4, 0.5) is 14.9 Å². The van der Waals surface area contributed by atoms with Crippen LogP contribution >= 0.6 is 0 Å². The van der Waals surface area contributed by atoms with Gasteiger partial charge in [-0.15, -0.1) is 0 Å². The zero-order valence-electron chi connectivity index (χ0n) is 13.6. The average molecular weight is 319 g/mol. The highest BCUT2D eigenvalue weighted by atomic mass is 19.1. The van der Waals surface area contributed by atoms with Crippen molar-refractivity contribution in [1.29, 1.82) is 0 Å². The highest BCUT2D eigenvalue weighted by Crippen LogP contribution is 2.18. The predicted molar refractivity (Wildman–Crippen MR) is 87.8 cm³/mol. The lowest BCUT2D eigenvalue weighted by Gasteiger charge is -2.25. The molecule has 0 radical (unpaired) electrons. The van der Waals surface area contributed by atoms with Gasteiger partial charge in [0.25, 0.3) is 0 Å². The number of likely N-dealkylation sites (N-methyl/N-ethyl adjacent to an activating group) is 1. The van der Waals surface area contributed by atoms with E-state index in [1.165, 1.54) is 12.1 Å². The van der Waals surface area contributed by atoms with Gasteiger partial charge in [-0.3, -0.25) is 4.68 Å². The number of carbonyl (C=O) groups excluding carboxylic acids is 1. The molecule has 2 aromatic rings. The molecule has 0 saturated carbocycles. The van der Waals surface area contributed by atoms with Crippen molar-refractivity contribution in [1.82, 2.24) is 20.0 Å². The van der Waals surface area contributed by atoms with E-state index in [1.807, 2.05) is 32.0 Å². The molecule has 1 atom stereocenters. The van der Waals surface area contributed by atoms with E-state index in [4.69, 9.17) is 0 Å². The normalized spacial score (nSPS) is 12.2. The molecule has 2 amide bonds. The molecule has 0 bridgehead atoms. The first-order valence-corrected chi connectivity index (χ1v) is 7.48. The SMILES string of the molecule is CCn1cc(NC(=O)NC[C@@H](c2cccc(F)c2)N(C)C)cn1. The molecule has 2 rings (SSSR count). The number of hydrogen-bond donors (Lipinski definition) is 2. The molecule has 0 aliphatic carbocycles. The van der Waals surface area contributed by atoms with Gasteiger partial charge in [-0.1, -0.05) is 12.1 Å². The standard InChI is InChI=1S/C16H22FN5O/c1-4-22-11-14(9-19-22)20-16(23)18-10-15(21(2)3)12-6-5-7-13(17)8-12/h5-9,11,15H,4,10H2,1-3H3,(H2,18,20,23)/t15-/m0/s1. The van der Waals surface area contributed by atoms with Crippen molar-refractivity contribution >= 4 is 11.7 Å². The summed E-state index contributed by atoms with van der Waals surface area (Å²) in [6.45, 7) is 3.08. The molecule has 0 spiro atoms. The number of anilines is 1. The maximum Gasteiger partial charge on any atom is 0.319 e. The first-order chi connectivity index (χ1) is 11.0. The molecule has 124 valence electrons. The molecule has 1 aromatic heterocycles. The first-order valence-electron chi connectivity index (χ1n) is 7.48. The van der Waals surface area contributed by atoms with Crippen LogP contribution in [0.15, 0.2) is 36.7 Å². The second-order valence-electron chi connectivity index (χ2n) is 5.45. The first kappa shape index (κ1) is 17.0. The molecule has 6 nitrogen and oxygen atoms in total. The molecule has 0 fully saturated rings. The number of carbonyl (C=O) groups is 1. The summed E-state index contributed by atoms with van der Waals surface area (Å²) in [5.41, 5.74) is 1.45. The molecule has 0 aliphatic rings. The number of amides is 2. The Bertz CT molecular complexity index is 655. The second-order valence-corrected chi connectivity index (χ2v) is 5.45. The van der Waals surface area contributed by atoms with Crippen LogP contribution < -0.4 is 10.6 Å². The van der Waals surface area contributed by atoms with Gasteiger partial charge in [0.15, 0.2) is 0 Å². The molecule has 2 N–H and O–H groups in total. The summed E-state index contributed by atoms with van der Waals surface area (Å²) >= 11 is 0. The maximum atomic E-state index is 13.4. The summed E-state index contributed by atoms with van der Waals surface area (Å²) in [5.74, 6) is -0.286. The summed E-state index contributed by atoms with van der Waals surface area (Å²) in [6.07, 6.45) is 3.36. The zero-order chi connectivity index (χ0) is 16.8. The number of hydrogen-bond acceptors (Lipinski definition) is 3. The minimum Gasteiger partial charge on any atom is -0.336 e. The largest absolute Gasteiger partial charge is 0.336 e. The fourth-order valence-electron chi connectivity index (χ4n) is 2.28. The maximum absolute atomic E-state index is 13.4. The zero-order valence-corrected chi connectivity index (χ0v) is 13.6. The third-order valence-electron chi connectivity index (χ3n) is 3.53. The molecule has 0 unspecified atom stereocenters. The summed E-state index contributed by atoms with van der Waals surface area (Å²) in [6, 6.07) is 5.97. The van der Waals surface area contributed by atoms with Crippen molar-refractivity contribution in [2.24, 2.45) is 0 Å². The smallest absolute Gasteiger partial charge is 0.319 e. The van der Waals surface area contributed by atoms with Crippen molar-refractivity contribution in [2.75, 3.05) is 26.0 Å². The van der Waals surface area contributed by atoms with Crippen LogP contribution in [0, 0.1) is 5.82 Å². The van der Waals surface area contributed by atoms with Gasteiger partial charge in [-0.2, -0.15) is 5.10 Å². The van der Waals surface area contributed by atoms with Gasteiger partial charge in [-0.25, -0.2) is 9.18 Å². The van der Waals surface area contributed by atoms with Crippen LogP contribution in [-0.2, 0) is 6.54 Å². The lowest BCUT2D eigenvalue weighted by molar-refractivity contribution is 0.243. The van der Waals surface area contributed by atoms with Crippen molar-refractivity contribution in [3.63, 3.8) is 0 Å². The number of nitrogens with one attached hydrogen (secondary N) is 2. The van der Waals surface area contributed by atoms with Gasteiger partial charge in [0.05, 0.1) is 17.9 Å². The van der Waals surface area contributed by atoms with E-state index in [9.17, 15) is 9.18 Å². The van der Waals surface area contributed by atoms with E-state index in [2.05, 4.69) is 15.7 Å². The van der Waals surface area contributed by atoms with Gasteiger partial charge in [-0.05, 0) is 38.7 Å². The lowest BCUT2D eigenvalue weighted by atomic mass is 10.1. The number of halogens is 1. The van der Waals surface area contributed by atoms with Crippen LogP contribution in [0.1, 0.15) is 18.5 Å². The van der Waals surface area contributed by atoms with Crippen LogP contribution in [0.5, 0.6) is 0 Å². The van der Waals surface area contributed by atoms with Crippen molar-refractivity contribution in [3.8, 4) is 0 Å². The topological polar surface area (TPSA) is 62.2 Å². The van der Waals surface area contributed by atoms with E-state index < -0.39 is 0 Å². The Morgan fingerprint density at radius 2 is 2.22 bits per heavy atom. The highest BCUT2D eigenvalue weighted by Gasteiger charge is 2.16. The van der Waals surface area contributed by atoms with E-state index in [1.54, 1.807) is 23.1 Å². The molecule has 1 heterocycles. The third kappa shape index (κ3) is 4.79. The molecule has 7 heteroatoms. The molecular formula is C16H22FN5O. The summed E-state index contributed by atoms with van der Waals surface area (Å²) < 4.78 is 15.1. The summed E-state index contributed by atoms with van der Waals surface area (Å²) in [7, 11) is 3.78. The average Bonchev–Trinajstić information content (AvgIpc) is 2.94. The van der Waals surface area contributed by atoms with E-state index in [-0.39, 0.29) is 17.9 Å². The lowest BCUT2D eigenvalue weighted by Crippen LogP contribution is -2.36.